The lowest BCUT2D eigenvalue weighted by Gasteiger charge is -2.02. The summed E-state index contributed by atoms with van der Waals surface area (Å²) in [5.41, 5.74) is 0.259. The van der Waals surface area contributed by atoms with E-state index in [9.17, 15) is 9.59 Å². The van der Waals surface area contributed by atoms with Crippen molar-refractivity contribution >= 4 is 11.9 Å². The SMILES string of the molecule is C=C(C)C(=O)OC(=O)CCCCCCC. The third kappa shape index (κ3) is 7.91. The van der Waals surface area contributed by atoms with Gasteiger partial charge in [-0.25, -0.2) is 4.79 Å². The molecule has 0 atom stereocenters. The van der Waals surface area contributed by atoms with Crippen LogP contribution in [0.2, 0.25) is 0 Å². The molecular formula is C12H20O3. The molecular weight excluding hydrogens is 192 g/mol. The van der Waals surface area contributed by atoms with E-state index in [2.05, 4.69) is 18.2 Å². The molecule has 0 heterocycles. The van der Waals surface area contributed by atoms with Crippen molar-refractivity contribution in [1.29, 1.82) is 0 Å². The van der Waals surface area contributed by atoms with Crippen molar-refractivity contribution in [3.63, 3.8) is 0 Å². The fraction of sp³-hybridized carbons (Fsp3) is 0.667. The Kier molecular flexibility index (Phi) is 7.60. The zero-order chi connectivity index (χ0) is 11.7. The van der Waals surface area contributed by atoms with E-state index in [0.717, 1.165) is 19.3 Å². The molecule has 0 fully saturated rings. The maximum atomic E-state index is 11.1. The van der Waals surface area contributed by atoms with Gasteiger partial charge in [0.05, 0.1) is 0 Å². The first-order chi connectivity index (χ1) is 7.07. The third-order valence-corrected chi connectivity index (χ3v) is 2.04. The highest BCUT2D eigenvalue weighted by Gasteiger charge is 2.09. The summed E-state index contributed by atoms with van der Waals surface area (Å²) < 4.78 is 4.54. The molecule has 0 saturated carbocycles. The summed E-state index contributed by atoms with van der Waals surface area (Å²) in [6, 6.07) is 0. The van der Waals surface area contributed by atoms with E-state index in [1.165, 1.54) is 19.8 Å². The number of rotatable bonds is 7. The minimum absolute atomic E-state index is 0.259. The van der Waals surface area contributed by atoms with Crippen molar-refractivity contribution in [2.45, 2.75) is 52.4 Å². The quantitative estimate of drug-likeness (QED) is 0.282. The first-order valence-corrected chi connectivity index (χ1v) is 5.48. The van der Waals surface area contributed by atoms with Gasteiger partial charge in [-0.3, -0.25) is 4.79 Å². The lowest BCUT2D eigenvalue weighted by atomic mass is 10.1. The van der Waals surface area contributed by atoms with Crippen LogP contribution >= 0.6 is 0 Å². The second-order valence-corrected chi connectivity index (χ2v) is 3.71. The van der Waals surface area contributed by atoms with E-state index < -0.39 is 11.9 Å². The molecule has 3 heteroatoms. The second kappa shape index (κ2) is 8.21. The van der Waals surface area contributed by atoms with Gasteiger partial charge in [0.25, 0.3) is 0 Å². The Labute approximate surface area is 91.5 Å². The van der Waals surface area contributed by atoms with E-state index >= 15 is 0 Å². The number of esters is 2. The fourth-order valence-electron chi connectivity index (χ4n) is 1.11. The van der Waals surface area contributed by atoms with Crippen molar-refractivity contribution in [2.75, 3.05) is 0 Å². The summed E-state index contributed by atoms with van der Waals surface area (Å²) in [4.78, 5) is 22.1. The van der Waals surface area contributed by atoms with Gasteiger partial charge in [0.2, 0.25) is 0 Å². The summed E-state index contributed by atoms with van der Waals surface area (Å²) in [6.45, 7) is 7.07. The number of unbranched alkanes of at least 4 members (excludes halogenated alkanes) is 4. The van der Waals surface area contributed by atoms with E-state index in [0.29, 0.717) is 6.42 Å². The molecule has 0 unspecified atom stereocenters. The number of hydrogen-bond acceptors (Lipinski definition) is 3. The molecule has 0 aliphatic heterocycles. The molecule has 86 valence electrons. The van der Waals surface area contributed by atoms with Crippen LogP contribution in [0.4, 0.5) is 0 Å². The Morgan fingerprint density at radius 2 is 1.73 bits per heavy atom. The summed E-state index contributed by atoms with van der Waals surface area (Å²) in [6.07, 6.45) is 5.64. The lowest BCUT2D eigenvalue weighted by Crippen LogP contribution is -2.12. The zero-order valence-corrected chi connectivity index (χ0v) is 9.67. The molecule has 0 rings (SSSR count). The maximum Gasteiger partial charge on any atom is 0.340 e. The van der Waals surface area contributed by atoms with Crippen molar-refractivity contribution < 1.29 is 14.3 Å². The number of hydrogen-bond donors (Lipinski definition) is 0. The standard InChI is InChI=1S/C12H20O3/c1-4-5-6-7-8-9-11(13)15-12(14)10(2)3/h2,4-9H2,1,3H3. The fourth-order valence-corrected chi connectivity index (χ4v) is 1.11. The smallest absolute Gasteiger partial charge is 0.340 e. The molecule has 15 heavy (non-hydrogen) atoms. The van der Waals surface area contributed by atoms with Gasteiger partial charge >= 0.3 is 11.9 Å². The normalized spacial score (nSPS) is 9.73. The van der Waals surface area contributed by atoms with E-state index in [1.54, 1.807) is 0 Å². The van der Waals surface area contributed by atoms with Gasteiger partial charge in [0.15, 0.2) is 0 Å². The molecule has 0 aliphatic carbocycles. The largest absolute Gasteiger partial charge is 0.390 e. The molecule has 3 nitrogen and oxygen atoms in total. The predicted molar refractivity (Wildman–Crippen MR) is 59.3 cm³/mol. The molecule has 0 aromatic rings. The minimum atomic E-state index is -0.617. The Morgan fingerprint density at radius 1 is 1.13 bits per heavy atom. The van der Waals surface area contributed by atoms with Crippen LogP contribution in [0.3, 0.4) is 0 Å². The van der Waals surface area contributed by atoms with Crippen LogP contribution in [0, 0.1) is 0 Å². The minimum Gasteiger partial charge on any atom is -0.390 e. The lowest BCUT2D eigenvalue weighted by molar-refractivity contribution is -0.156. The van der Waals surface area contributed by atoms with Crippen LogP contribution in [0.15, 0.2) is 12.2 Å². The molecule has 0 aromatic carbocycles. The average molecular weight is 212 g/mol. The van der Waals surface area contributed by atoms with Gasteiger partial charge < -0.3 is 4.74 Å². The van der Waals surface area contributed by atoms with Gasteiger partial charge in [-0.15, -0.1) is 0 Å². The Hall–Kier alpha value is -1.12. The van der Waals surface area contributed by atoms with E-state index in [1.807, 2.05) is 0 Å². The summed E-state index contributed by atoms with van der Waals surface area (Å²) >= 11 is 0. The molecule has 0 saturated heterocycles. The first-order valence-electron chi connectivity index (χ1n) is 5.48. The van der Waals surface area contributed by atoms with Crippen LogP contribution in [0.5, 0.6) is 0 Å². The molecule has 0 bridgehead atoms. The van der Waals surface area contributed by atoms with Gasteiger partial charge in [-0.1, -0.05) is 39.2 Å². The van der Waals surface area contributed by atoms with Gasteiger partial charge in [0, 0.05) is 12.0 Å². The van der Waals surface area contributed by atoms with Crippen molar-refractivity contribution in [3.8, 4) is 0 Å². The number of ether oxygens (including phenoxy) is 1. The second-order valence-electron chi connectivity index (χ2n) is 3.71. The molecule has 0 radical (unpaired) electrons. The zero-order valence-electron chi connectivity index (χ0n) is 9.67. The Morgan fingerprint density at radius 3 is 2.27 bits per heavy atom. The van der Waals surface area contributed by atoms with Crippen LogP contribution < -0.4 is 0 Å². The number of carbonyl (C=O) groups is 2. The van der Waals surface area contributed by atoms with Crippen LogP contribution in [0.25, 0.3) is 0 Å². The Balaban J connectivity index is 3.49. The van der Waals surface area contributed by atoms with Crippen molar-refractivity contribution in [1.82, 2.24) is 0 Å². The Bertz CT molecular complexity index is 231. The summed E-state index contributed by atoms with van der Waals surface area (Å²) in [5.74, 6) is -1.06. The van der Waals surface area contributed by atoms with Gasteiger partial charge in [-0.05, 0) is 13.3 Å². The monoisotopic (exact) mass is 212 g/mol. The molecule has 0 aliphatic rings. The third-order valence-electron chi connectivity index (χ3n) is 2.04. The van der Waals surface area contributed by atoms with Crippen molar-refractivity contribution in [3.05, 3.63) is 12.2 Å². The molecule has 0 spiro atoms. The predicted octanol–water partition coefficient (Wildman–Crippen LogP) is 2.99. The van der Waals surface area contributed by atoms with E-state index in [4.69, 9.17) is 0 Å². The van der Waals surface area contributed by atoms with Gasteiger partial charge in [-0.2, -0.15) is 0 Å². The first kappa shape index (κ1) is 13.9. The molecule has 0 N–H and O–H groups in total. The van der Waals surface area contributed by atoms with Crippen LogP contribution in [-0.4, -0.2) is 11.9 Å². The molecule has 0 amide bonds. The summed E-state index contributed by atoms with van der Waals surface area (Å²) in [5, 5.41) is 0. The topological polar surface area (TPSA) is 43.4 Å². The van der Waals surface area contributed by atoms with Crippen LogP contribution in [-0.2, 0) is 14.3 Å². The number of carbonyl (C=O) groups excluding carboxylic acids is 2. The summed E-state index contributed by atoms with van der Waals surface area (Å²) in [7, 11) is 0. The van der Waals surface area contributed by atoms with Crippen LogP contribution in [0.1, 0.15) is 52.4 Å². The maximum absolute atomic E-state index is 11.1. The van der Waals surface area contributed by atoms with E-state index in [-0.39, 0.29) is 5.57 Å². The molecule has 0 aromatic heterocycles. The highest BCUT2D eigenvalue weighted by molar-refractivity contribution is 5.95. The van der Waals surface area contributed by atoms with Crippen molar-refractivity contribution in [2.24, 2.45) is 0 Å². The highest BCUT2D eigenvalue weighted by Crippen LogP contribution is 2.06. The highest BCUT2D eigenvalue weighted by atomic mass is 16.6. The van der Waals surface area contributed by atoms with Gasteiger partial charge in [0.1, 0.15) is 0 Å². The average Bonchev–Trinajstić information content (AvgIpc) is 2.17.